The van der Waals surface area contributed by atoms with Crippen LogP contribution >= 0.6 is 11.3 Å². The zero-order chi connectivity index (χ0) is 20.8. The molecule has 0 atom stereocenters. The Kier molecular flexibility index (Phi) is 5.96. The van der Waals surface area contributed by atoms with Crippen LogP contribution in [-0.2, 0) is 11.2 Å². The Bertz CT molecular complexity index is 1190. The van der Waals surface area contributed by atoms with Crippen molar-refractivity contribution in [1.29, 1.82) is 0 Å². The average molecular weight is 414 g/mol. The Morgan fingerprint density at radius 2 is 1.73 bits per heavy atom. The van der Waals surface area contributed by atoms with E-state index in [2.05, 4.69) is 10.5 Å². The standard InChI is InChI=1S/C24H18N2O3S/c27-23(15-19-7-3-6-18-5-1-2-8-21(18)19)26-25-16-17-10-12-20(13-11-17)29-24(28)22-9-4-14-30-22/h1-14,16H,15H2,(H,26,27). The second-order valence-corrected chi connectivity index (χ2v) is 7.49. The van der Waals surface area contributed by atoms with E-state index in [9.17, 15) is 9.59 Å². The average Bonchev–Trinajstić information content (AvgIpc) is 3.30. The minimum absolute atomic E-state index is 0.191. The van der Waals surface area contributed by atoms with E-state index < -0.39 is 0 Å². The summed E-state index contributed by atoms with van der Waals surface area (Å²) in [5, 5.41) is 8.01. The van der Waals surface area contributed by atoms with Gasteiger partial charge in [0.15, 0.2) is 0 Å². The number of hydrogen-bond donors (Lipinski definition) is 1. The first-order chi connectivity index (χ1) is 14.7. The summed E-state index contributed by atoms with van der Waals surface area (Å²) in [6, 6.07) is 24.3. The van der Waals surface area contributed by atoms with Gasteiger partial charge in [0.05, 0.1) is 12.6 Å². The molecular formula is C24H18N2O3S. The molecule has 6 heteroatoms. The third-order valence-corrected chi connectivity index (χ3v) is 5.30. The minimum atomic E-state index is -0.382. The van der Waals surface area contributed by atoms with Crippen LogP contribution in [0.2, 0.25) is 0 Å². The zero-order valence-electron chi connectivity index (χ0n) is 15.9. The third-order valence-electron chi connectivity index (χ3n) is 4.45. The van der Waals surface area contributed by atoms with Gasteiger partial charge in [-0.15, -0.1) is 11.3 Å². The number of carbonyl (C=O) groups excluding carboxylic acids is 2. The molecule has 4 rings (SSSR count). The van der Waals surface area contributed by atoms with E-state index in [1.807, 2.05) is 47.8 Å². The van der Waals surface area contributed by atoms with Crippen LogP contribution in [0.1, 0.15) is 20.8 Å². The van der Waals surface area contributed by atoms with Crippen LogP contribution < -0.4 is 10.2 Å². The molecule has 1 N–H and O–H groups in total. The summed E-state index contributed by atoms with van der Waals surface area (Å²) in [7, 11) is 0. The minimum Gasteiger partial charge on any atom is -0.422 e. The molecule has 3 aromatic carbocycles. The van der Waals surface area contributed by atoms with Gasteiger partial charge in [-0.25, -0.2) is 10.2 Å². The molecule has 0 bridgehead atoms. The van der Waals surface area contributed by atoms with Gasteiger partial charge in [0, 0.05) is 0 Å². The maximum Gasteiger partial charge on any atom is 0.353 e. The van der Waals surface area contributed by atoms with Crippen molar-refractivity contribution in [3.8, 4) is 5.75 Å². The van der Waals surface area contributed by atoms with Crippen LogP contribution in [0.15, 0.2) is 89.3 Å². The first kappa shape index (κ1) is 19.5. The van der Waals surface area contributed by atoms with Gasteiger partial charge < -0.3 is 4.74 Å². The highest BCUT2D eigenvalue weighted by molar-refractivity contribution is 7.12. The van der Waals surface area contributed by atoms with Gasteiger partial charge in [-0.05, 0) is 57.6 Å². The van der Waals surface area contributed by atoms with Crippen molar-refractivity contribution in [3.05, 3.63) is 100 Å². The summed E-state index contributed by atoms with van der Waals surface area (Å²) in [6.07, 6.45) is 1.79. The number of hydrazone groups is 1. The van der Waals surface area contributed by atoms with E-state index in [0.29, 0.717) is 10.6 Å². The van der Waals surface area contributed by atoms with E-state index in [-0.39, 0.29) is 18.3 Å². The number of thiophene rings is 1. The number of benzene rings is 3. The highest BCUT2D eigenvalue weighted by Gasteiger charge is 2.09. The highest BCUT2D eigenvalue weighted by atomic mass is 32.1. The second kappa shape index (κ2) is 9.15. The van der Waals surface area contributed by atoms with Gasteiger partial charge in [0.25, 0.3) is 0 Å². The quantitative estimate of drug-likeness (QED) is 0.213. The molecule has 1 heterocycles. The summed E-state index contributed by atoms with van der Waals surface area (Å²) in [5.74, 6) is -0.123. The molecule has 1 amide bonds. The van der Waals surface area contributed by atoms with E-state index >= 15 is 0 Å². The number of carbonyl (C=O) groups is 2. The van der Waals surface area contributed by atoms with E-state index in [1.165, 1.54) is 11.3 Å². The number of amides is 1. The Hall–Kier alpha value is -3.77. The molecule has 0 aliphatic rings. The van der Waals surface area contributed by atoms with Crippen LogP contribution in [0, 0.1) is 0 Å². The molecule has 0 saturated carbocycles. The molecule has 0 aliphatic carbocycles. The zero-order valence-corrected chi connectivity index (χ0v) is 16.8. The molecule has 0 radical (unpaired) electrons. The van der Waals surface area contributed by atoms with Crippen LogP contribution in [0.3, 0.4) is 0 Å². The summed E-state index contributed by atoms with van der Waals surface area (Å²) < 4.78 is 5.32. The number of rotatable bonds is 6. The lowest BCUT2D eigenvalue weighted by molar-refractivity contribution is -0.120. The fourth-order valence-electron chi connectivity index (χ4n) is 3.01. The number of nitrogens with one attached hydrogen (secondary N) is 1. The van der Waals surface area contributed by atoms with Crippen molar-refractivity contribution in [3.63, 3.8) is 0 Å². The van der Waals surface area contributed by atoms with Crippen molar-refractivity contribution in [2.45, 2.75) is 6.42 Å². The van der Waals surface area contributed by atoms with E-state index in [1.54, 1.807) is 42.6 Å². The molecule has 30 heavy (non-hydrogen) atoms. The van der Waals surface area contributed by atoms with Crippen LogP contribution in [0.5, 0.6) is 5.75 Å². The molecule has 5 nitrogen and oxygen atoms in total. The fourth-order valence-corrected chi connectivity index (χ4v) is 3.61. The normalized spacial score (nSPS) is 10.9. The van der Waals surface area contributed by atoms with Gasteiger partial charge in [0.2, 0.25) is 5.91 Å². The van der Waals surface area contributed by atoms with Gasteiger partial charge in [0.1, 0.15) is 10.6 Å². The number of fused-ring (bicyclic) bond motifs is 1. The molecule has 148 valence electrons. The van der Waals surface area contributed by atoms with Crippen molar-refractivity contribution in [2.75, 3.05) is 0 Å². The molecule has 0 spiro atoms. The smallest absolute Gasteiger partial charge is 0.353 e. The van der Waals surface area contributed by atoms with Crippen LogP contribution in [0.25, 0.3) is 10.8 Å². The maximum atomic E-state index is 12.3. The first-order valence-electron chi connectivity index (χ1n) is 9.33. The monoisotopic (exact) mass is 414 g/mol. The highest BCUT2D eigenvalue weighted by Crippen LogP contribution is 2.19. The summed E-state index contributed by atoms with van der Waals surface area (Å²) in [6.45, 7) is 0. The van der Waals surface area contributed by atoms with Crippen molar-refractivity contribution >= 4 is 40.2 Å². The maximum absolute atomic E-state index is 12.3. The Morgan fingerprint density at radius 3 is 2.53 bits per heavy atom. The van der Waals surface area contributed by atoms with E-state index in [4.69, 9.17) is 4.74 Å². The SMILES string of the molecule is O=C(Cc1cccc2ccccc12)NN=Cc1ccc(OC(=O)c2cccs2)cc1. The van der Waals surface area contributed by atoms with Crippen molar-refractivity contribution in [2.24, 2.45) is 5.10 Å². The molecule has 1 aromatic heterocycles. The van der Waals surface area contributed by atoms with Gasteiger partial charge >= 0.3 is 5.97 Å². The lowest BCUT2D eigenvalue weighted by Gasteiger charge is -2.05. The predicted molar refractivity (Wildman–Crippen MR) is 119 cm³/mol. The summed E-state index contributed by atoms with van der Waals surface area (Å²) in [5.41, 5.74) is 4.29. The van der Waals surface area contributed by atoms with Gasteiger partial charge in [-0.1, -0.05) is 48.5 Å². The largest absolute Gasteiger partial charge is 0.422 e. The molecule has 0 unspecified atom stereocenters. The first-order valence-corrected chi connectivity index (χ1v) is 10.2. The van der Waals surface area contributed by atoms with Gasteiger partial charge in [-0.2, -0.15) is 5.10 Å². The Balaban J connectivity index is 1.32. The van der Waals surface area contributed by atoms with Crippen LogP contribution in [0.4, 0.5) is 0 Å². The van der Waals surface area contributed by atoms with E-state index in [0.717, 1.165) is 21.9 Å². The number of ether oxygens (including phenoxy) is 1. The predicted octanol–water partition coefficient (Wildman–Crippen LogP) is 4.81. The second-order valence-electron chi connectivity index (χ2n) is 6.54. The third kappa shape index (κ3) is 4.79. The molecule has 0 aliphatic heterocycles. The Labute approximate surface area is 177 Å². The summed E-state index contributed by atoms with van der Waals surface area (Å²) >= 11 is 1.33. The van der Waals surface area contributed by atoms with Gasteiger partial charge in [-0.3, -0.25) is 4.79 Å². The molecule has 0 saturated heterocycles. The lowest BCUT2D eigenvalue weighted by atomic mass is 10.0. The number of hydrogen-bond acceptors (Lipinski definition) is 5. The number of esters is 1. The topological polar surface area (TPSA) is 67.8 Å². The lowest BCUT2D eigenvalue weighted by Crippen LogP contribution is -2.19. The summed E-state index contributed by atoms with van der Waals surface area (Å²) in [4.78, 5) is 24.8. The Morgan fingerprint density at radius 1 is 0.933 bits per heavy atom. The molecular weight excluding hydrogens is 396 g/mol. The number of nitrogens with zero attached hydrogens (tertiary/aromatic N) is 1. The fraction of sp³-hybridized carbons (Fsp3) is 0.0417. The molecule has 4 aromatic rings. The van der Waals surface area contributed by atoms with Crippen molar-refractivity contribution < 1.29 is 14.3 Å². The van der Waals surface area contributed by atoms with Crippen molar-refractivity contribution in [1.82, 2.24) is 5.43 Å². The molecule has 0 fully saturated rings. The van der Waals surface area contributed by atoms with Crippen LogP contribution in [-0.4, -0.2) is 18.1 Å².